The van der Waals surface area contributed by atoms with E-state index in [4.69, 9.17) is 16.4 Å². The van der Waals surface area contributed by atoms with E-state index in [-0.39, 0.29) is 20.1 Å². The predicted molar refractivity (Wildman–Crippen MR) is 89.1 cm³/mol. The van der Waals surface area contributed by atoms with Gasteiger partial charge >= 0.3 is 10.1 Å². The summed E-state index contributed by atoms with van der Waals surface area (Å²) in [6, 6.07) is 13.6. The van der Waals surface area contributed by atoms with Crippen molar-refractivity contribution in [1.29, 1.82) is 5.26 Å². The van der Waals surface area contributed by atoms with Crippen LogP contribution in [0.25, 0.3) is 16.1 Å². The van der Waals surface area contributed by atoms with E-state index >= 15 is 0 Å². The van der Waals surface area contributed by atoms with Crippen LogP contribution in [-0.2, 0) is 30.2 Å². The molecule has 0 atom stereocenters. The maximum atomic E-state index is 10.2. The molecule has 3 rings (SSSR count). The van der Waals surface area contributed by atoms with Crippen molar-refractivity contribution in [3.63, 3.8) is 0 Å². The molecule has 0 aliphatic carbocycles. The summed E-state index contributed by atoms with van der Waals surface area (Å²) in [7, 11) is -4.27. The third kappa shape index (κ3) is 6.62. The summed E-state index contributed by atoms with van der Waals surface area (Å²) in [6.07, 6.45) is 3.63. The molecule has 27 heavy (non-hydrogen) atoms. The Morgan fingerprint density at radius 2 is 1.89 bits per heavy atom. The molecule has 0 unspecified atom stereocenters. The van der Waals surface area contributed by atoms with Crippen molar-refractivity contribution in [1.82, 2.24) is 19.9 Å². The zero-order valence-electron chi connectivity index (χ0n) is 13.3. The van der Waals surface area contributed by atoms with Crippen molar-refractivity contribution in [3.05, 3.63) is 72.2 Å². The maximum absolute atomic E-state index is 10.2. The van der Waals surface area contributed by atoms with Gasteiger partial charge in [-0.1, -0.05) is 17.7 Å². The zero-order chi connectivity index (χ0) is 19.0. The van der Waals surface area contributed by atoms with Crippen LogP contribution in [0.2, 0.25) is 0 Å². The van der Waals surface area contributed by atoms with Gasteiger partial charge in [-0.25, -0.2) is 20.2 Å². The minimum atomic E-state index is -4.27. The van der Waals surface area contributed by atoms with Crippen LogP contribution in [0.5, 0.6) is 0 Å². The molecule has 0 fully saturated rings. The molecule has 3 aromatic rings. The number of benzene rings is 1. The molecule has 9 nitrogen and oxygen atoms in total. The molecule has 0 saturated carbocycles. The van der Waals surface area contributed by atoms with Gasteiger partial charge in [0.15, 0.2) is 0 Å². The Hall–Kier alpha value is -3.08. The van der Waals surface area contributed by atoms with Gasteiger partial charge in [0, 0.05) is 32.0 Å². The number of hydrogen-bond acceptors (Lipinski definition) is 7. The van der Waals surface area contributed by atoms with Crippen molar-refractivity contribution < 1.29 is 33.1 Å². The number of rotatable bonds is 2. The van der Waals surface area contributed by atoms with Crippen LogP contribution in [0.3, 0.4) is 0 Å². The van der Waals surface area contributed by atoms with Gasteiger partial charge in [0.2, 0.25) is 0 Å². The molecule has 2 heterocycles. The van der Waals surface area contributed by atoms with Crippen molar-refractivity contribution >= 4 is 15.8 Å². The Labute approximate surface area is 168 Å². The smallest absolute Gasteiger partial charge is 0.295 e. The van der Waals surface area contributed by atoms with Crippen molar-refractivity contribution in [3.8, 4) is 17.3 Å². The molecule has 11 heteroatoms. The molecular weight excluding hydrogens is 548 g/mol. The minimum absolute atomic E-state index is 0. The van der Waals surface area contributed by atoms with Crippen LogP contribution < -0.4 is 0 Å². The summed E-state index contributed by atoms with van der Waals surface area (Å²) in [5.74, 6) is 0. The molecule has 0 bridgehead atoms. The Morgan fingerprint density at radius 1 is 1.19 bits per heavy atom. The second-order valence-electron chi connectivity index (χ2n) is 4.50. The fourth-order valence-corrected chi connectivity index (χ4v) is 2.06. The van der Waals surface area contributed by atoms with E-state index in [1.165, 1.54) is 6.07 Å². The van der Waals surface area contributed by atoms with Crippen LogP contribution in [0.15, 0.2) is 54.3 Å². The topological polar surface area (TPSA) is 134 Å². The normalized spacial score (nSPS) is 9.59. The first-order valence-corrected chi connectivity index (χ1v) is 8.24. The van der Waals surface area contributed by atoms with E-state index in [1.54, 1.807) is 12.3 Å². The van der Waals surface area contributed by atoms with Crippen LogP contribution in [0, 0.1) is 24.0 Å². The molecule has 0 saturated heterocycles. The molecule has 0 amide bonds. The first kappa shape index (κ1) is 22.0. The van der Waals surface area contributed by atoms with Gasteiger partial charge in [0.05, 0.1) is 6.57 Å². The number of aromatic nitrogens is 4. The molecule has 0 spiro atoms. The van der Waals surface area contributed by atoms with Gasteiger partial charge in [0.25, 0.3) is 5.16 Å². The van der Waals surface area contributed by atoms with Gasteiger partial charge in [-0.2, -0.15) is 8.42 Å². The van der Waals surface area contributed by atoms with E-state index in [0.29, 0.717) is 22.5 Å². The molecular formula is C16H9IrN6O3S-. The average Bonchev–Trinajstić information content (AvgIpc) is 2.68. The van der Waals surface area contributed by atoms with Crippen LogP contribution >= 0.6 is 0 Å². The van der Waals surface area contributed by atoms with E-state index in [9.17, 15) is 8.42 Å². The largest absolute Gasteiger partial charge is 0.330 e. The average molecular weight is 558 g/mol. The molecule has 1 radical (unpaired) electrons. The Bertz CT molecular complexity index is 1050. The second-order valence-corrected chi connectivity index (χ2v) is 5.82. The summed E-state index contributed by atoms with van der Waals surface area (Å²) in [4.78, 5) is 17.2. The minimum Gasteiger partial charge on any atom is -0.295 e. The Kier molecular flexibility index (Phi) is 8.27. The first-order chi connectivity index (χ1) is 12.4. The standard InChI is InChI=1S/C13H6N3.C3H3N3O3S.Ir/c1-15-12-7-10(9-14)6-11(8-12)13-4-2-3-5-16-13;7-10(8,9)3-5-1-4-2-6-3;/h2-5,7-8H;1-2H,(H,7,8,9);/q-1;;. The van der Waals surface area contributed by atoms with Crippen LogP contribution in [0.1, 0.15) is 5.56 Å². The third-order valence-electron chi connectivity index (χ3n) is 2.74. The first-order valence-electron chi connectivity index (χ1n) is 6.80. The third-order valence-corrected chi connectivity index (χ3v) is 3.42. The quantitative estimate of drug-likeness (QED) is 0.374. The fraction of sp³-hybridized carbons (Fsp3) is 0. The molecule has 1 N–H and O–H groups in total. The van der Waals surface area contributed by atoms with Crippen molar-refractivity contribution in [2.45, 2.75) is 5.16 Å². The van der Waals surface area contributed by atoms with E-state index < -0.39 is 15.3 Å². The van der Waals surface area contributed by atoms with E-state index in [1.807, 2.05) is 24.3 Å². The zero-order valence-corrected chi connectivity index (χ0v) is 16.5. The van der Waals surface area contributed by atoms with Crippen LogP contribution in [-0.4, -0.2) is 32.9 Å². The SMILES string of the molecule is O=S(=O)(O)c1ncncn1.[C-]#[N+]c1cc(C#N)[c-]c(-c2ccccn2)c1.[Ir]. The summed E-state index contributed by atoms with van der Waals surface area (Å²) < 4.78 is 28.8. The number of pyridine rings is 1. The monoisotopic (exact) mass is 558 g/mol. The van der Waals surface area contributed by atoms with Gasteiger partial charge < -0.3 is 0 Å². The molecule has 0 aliphatic rings. The van der Waals surface area contributed by atoms with Crippen molar-refractivity contribution in [2.75, 3.05) is 0 Å². The van der Waals surface area contributed by atoms with Crippen molar-refractivity contribution in [2.24, 2.45) is 0 Å². The fourth-order valence-electron chi connectivity index (χ4n) is 1.70. The maximum Gasteiger partial charge on any atom is 0.330 e. The molecule has 137 valence electrons. The second kappa shape index (κ2) is 10.2. The summed E-state index contributed by atoms with van der Waals surface area (Å²) in [6.45, 7) is 6.96. The van der Waals surface area contributed by atoms with Gasteiger partial charge in [-0.3, -0.25) is 14.4 Å². The summed E-state index contributed by atoms with van der Waals surface area (Å²) in [5.41, 5.74) is 2.17. The number of nitrogens with zero attached hydrogens (tertiary/aromatic N) is 6. The number of hydrogen-bond donors (Lipinski definition) is 1. The predicted octanol–water partition coefficient (Wildman–Crippen LogP) is 2.09. The summed E-state index contributed by atoms with van der Waals surface area (Å²) in [5, 5.41) is 8.19. The summed E-state index contributed by atoms with van der Waals surface area (Å²) >= 11 is 0. The van der Waals surface area contributed by atoms with E-state index in [2.05, 4.69) is 30.8 Å². The van der Waals surface area contributed by atoms with Gasteiger partial charge in [0.1, 0.15) is 18.3 Å². The molecule has 2 aromatic heterocycles. The number of nitriles is 1. The van der Waals surface area contributed by atoms with E-state index in [0.717, 1.165) is 12.7 Å². The van der Waals surface area contributed by atoms with Gasteiger partial charge in [-0.05, 0) is 12.1 Å². The molecule has 1 aromatic carbocycles. The Morgan fingerprint density at radius 3 is 2.37 bits per heavy atom. The van der Waals surface area contributed by atoms with Crippen LogP contribution in [0.4, 0.5) is 5.69 Å². The Balaban J connectivity index is 0.000000288. The van der Waals surface area contributed by atoms with Gasteiger partial charge in [-0.15, -0.1) is 23.8 Å². The molecule has 0 aliphatic heterocycles.